The molecule has 1 saturated heterocycles. The molecule has 3 fully saturated rings. The highest BCUT2D eigenvalue weighted by Gasteiger charge is 2.69. The minimum atomic E-state index is -3.35. The Bertz CT molecular complexity index is 1240. The molecule has 0 aromatic rings. The molecule has 44 heavy (non-hydrogen) atoms. The number of urea groups is 1. The van der Waals surface area contributed by atoms with E-state index in [1.54, 1.807) is 11.0 Å². The van der Waals surface area contributed by atoms with E-state index >= 15 is 0 Å². The molecule has 1 heterocycles. The van der Waals surface area contributed by atoms with Crippen LogP contribution in [0.25, 0.3) is 0 Å². The molecular formula is C31H51N5O7S. The highest BCUT2D eigenvalue weighted by atomic mass is 32.2. The number of carbonyl (C=O) groups excluding carboxylic acids is 5. The number of ketones is 1. The average Bonchev–Trinajstić information content (AvgIpc) is 3.24. The summed E-state index contributed by atoms with van der Waals surface area (Å²) in [6.45, 7) is 13.5. The fraction of sp³-hybridized carbons (Fsp3) is 0.774. The Balaban J connectivity index is 1.82. The first kappa shape index (κ1) is 35.5. The summed E-state index contributed by atoms with van der Waals surface area (Å²) in [5, 5.41) is 10.9. The maximum atomic E-state index is 14.2. The molecule has 2 saturated carbocycles. The summed E-state index contributed by atoms with van der Waals surface area (Å²) in [4.78, 5) is 68.4. The molecule has 4 unspecified atom stereocenters. The molecule has 1 aliphatic heterocycles. The number of rotatable bonds is 13. The van der Waals surface area contributed by atoms with Crippen molar-refractivity contribution in [2.75, 3.05) is 25.1 Å². The lowest BCUT2D eigenvalue weighted by molar-refractivity contribution is -0.144. The predicted octanol–water partition coefficient (Wildman–Crippen LogP) is 1.70. The Morgan fingerprint density at radius 1 is 1.05 bits per heavy atom. The quantitative estimate of drug-likeness (QED) is 0.176. The average molecular weight is 638 g/mol. The summed E-state index contributed by atoms with van der Waals surface area (Å²) in [6.07, 6.45) is 7.63. The number of piperidine rings is 1. The third-order valence-electron chi connectivity index (χ3n) is 9.20. The topological polar surface area (TPSA) is 171 Å². The molecule has 13 heteroatoms. The standard InChI is InChI=1S/C31H51N5O7S/c1-8-9-15-21(25(37)27(39)32-16-17-44(7,42)43)33-26(38)24-22-20(31(22,5)6)18-36(24)28(40)23(19-13-11-10-12-14-19)34-29(41)35-30(2,3)4/h8,19-24H,1,9-18H2,2-7H3,(H,32,39)(H,33,38)(H2,34,35,41)/t20?,21?,22?,23?,24-/m0/s1. The maximum Gasteiger partial charge on any atom is 0.315 e. The zero-order valence-corrected chi connectivity index (χ0v) is 27.8. The van der Waals surface area contributed by atoms with Gasteiger partial charge in [0.05, 0.1) is 11.8 Å². The Kier molecular flexibility index (Phi) is 11.3. The number of allylic oxidation sites excluding steroid dienone is 1. The fourth-order valence-electron chi connectivity index (χ4n) is 6.76. The van der Waals surface area contributed by atoms with E-state index in [2.05, 4.69) is 27.8 Å². The highest BCUT2D eigenvalue weighted by Crippen LogP contribution is 2.65. The van der Waals surface area contributed by atoms with E-state index in [4.69, 9.17) is 0 Å². The van der Waals surface area contributed by atoms with Crippen LogP contribution in [0.3, 0.4) is 0 Å². The third kappa shape index (κ3) is 9.04. The molecule has 12 nitrogen and oxygen atoms in total. The van der Waals surface area contributed by atoms with Gasteiger partial charge in [-0.2, -0.15) is 0 Å². The first-order valence-electron chi connectivity index (χ1n) is 15.7. The van der Waals surface area contributed by atoms with Gasteiger partial charge < -0.3 is 26.2 Å². The molecule has 5 amide bonds. The smallest absolute Gasteiger partial charge is 0.315 e. The van der Waals surface area contributed by atoms with Crippen molar-refractivity contribution >= 4 is 39.4 Å². The number of nitrogens with one attached hydrogen (secondary N) is 4. The summed E-state index contributed by atoms with van der Waals surface area (Å²) in [5.74, 6) is -3.15. The van der Waals surface area contributed by atoms with Crippen molar-refractivity contribution in [1.29, 1.82) is 0 Å². The van der Waals surface area contributed by atoms with E-state index in [1.165, 1.54) is 0 Å². The minimum Gasteiger partial charge on any atom is -0.348 e. The van der Waals surface area contributed by atoms with Gasteiger partial charge in [0.25, 0.3) is 5.91 Å². The lowest BCUT2D eigenvalue weighted by Gasteiger charge is -2.37. The zero-order chi connectivity index (χ0) is 33.0. The second-order valence-corrected chi connectivity index (χ2v) is 16.6. The fourth-order valence-corrected chi connectivity index (χ4v) is 7.24. The van der Waals surface area contributed by atoms with Crippen molar-refractivity contribution in [3.63, 3.8) is 0 Å². The molecular weight excluding hydrogens is 586 g/mol. The van der Waals surface area contributed by atoms with Gasteiger partial charge in [0.1, 0.15) is 21.9 Å². The molecule has 3 rings (SSSR count). The van der Waals surface area contributed by atoms with Gasteiger partial charge in [-0.3, -0.25) is 19.2 Å². The van der Waals surface area contributed by atoms with E-state index < -0.39 is 57.1 Å². The Hall–Kier alpha value is -2.96. The number of carbonyl (C=O) groups is 5. The highest BCUT2D eigenvalue weighted by molar-refractivity contribution is 7.90. The summed E-state index contributed by atoms with van der Waals surface area (Å²) in [7, 11) is -3.35. The van der Waals surface area contributed by atoms with Crippen LogP contribution in [0.15, 0.2) is 12.7 Å². The molecule has 3 aliphatic rings. The van der Waals surface area contributed by atoms with Crippen LogP contribution in [-0.2, 0) is 29.0 Å². The largest absolute Gasteiger partial charge is 0.348 e. The van der Waals surface area contributed by atoms with Crippen LogP contribution in [0.1, 0.15) is 79.6 Å². The second kappa shape index (κ2) is 14.0. The van der Waals surface area contributed by atoms with Crippen molar-refractivity contribution in [1.82, 2.24) is 26.2 Å². The minimum absolute atomic E-state index is 0.0619. The van der Waals surface area contributed by atoms with Crippen LogP contribution in [0.4, 0.5) is 4.79 Å². The number of Topliss-reactive ketones (excluding diaryl/α,β-unsaturated/α-hetero) is 1. The van der Waals surface area contributed by atoms with Crippen molar-refractivity contribution in [3.05, 3.63) is 12.7 Å². The second-order valence-electron chi connectivity index (χ2n) is 14.3. The van der Waals surface area contributed by atoms with Gasteiger partial charge in [-0.05, 0) is 69.6 Å². The van der Waals surface area contributed by atoms with Gasteiger partial charge in [-0.25, -0.2) is 13.2 Å². The van der Waals surface area contributed by atoms with Crippen molar-refractivity contribution < 1.29 is 32.4 Å². The van der Waals surface area contributed by atoms with E-state index in [0.29, 0.717) is 13.0 Å². The van der Waals surface area contributed by atoms with Crippen molar-refractivity contribution in [2.24, 2.45) is 23.2 Å². The van der Waals surface area contributed by atoms with Gasteiger partial charge in [-0.15, -0.1) is 6.58 Å². The summed E-state index contributed by atoms with van der Waals surface area (Å²) in [6, 6.07) is -3.29. The molecule has 248 valence electrons. The Morgan fingerprint density at radius 2 is 1.68 bits per heavy atom. The lowest BCUT2D eigenvalue weighted by Crippen LogP contribution is -2.61. The molecule has 0 aromatic carbocycles. The predicted molar refractivity (Wildman–Crippen MR) is 167 cm³/mol. The SMILES string of the molecule is C=CCCC(NC(=O)[C@@H]1C2C(CN1C(=O)C(NC(=O)NC(C)(C)C)C1CCCCC1)C2(C)C)C(=O)C(=O)NCCS(C)(=O)=O. The van der Waals surface area contributed by atoms with E-state index in [9.17, 15) is 32.4 Å². The van der Waals surface area contributed by atoms with Crippen LogP contribution in [-0.4, -0.2) is 91.6 Å². The van der Waals surface area contributed by atoms with Gasteiger partial charge >= 0.3 is 6.03 Å². The number of likely N-dealkylation sites (tertiary alicyclic amines) is 1. The van der Waals surface area contributed by atoms with Gasteiger partial charge in [0, 0.05) is 24.9 Å². The molecule has 2 aliphatic carbocycles. The monoisotopic (exact) mass is 637 g/mol. The maximum absolute atomic E-state index is 14.2. The van der Waals surface area contributed by atoms with E-state index in [0.717, 1.165) is 38.4 Å². The number of hydrogen-bond acceptors (Lipinski definition) is 7. The van der Waals surface area contributed by atoms with Gasteiger partial charge in [-0.1, -0.05) is 39.2 Å². The van der Waals surface area contributed by atoms with E-state index in [1.807, 2.05) is 34.6 Å². The first-order valence-corrected chi connectivity index (χ1v) is 17.7. The number of fused-ring (bicyclic) bond motifs is 1. The molecule has 4 N–H and O–H groups in total. The van der Waals surface area contributed by atoms with Crippen LogP contribution in [0.2, 0.25) is 0 Å². The van der Waals surface area contributed by atoms with Crippen LogP contribution in [0, 0.1) is 23.2 Å². The molecule has 0 spiro atoms. The summed E-state index contributed by atoms with van der Waals surface area (Å²) in [5.41, 5.74) is -0.699. The molecule has 0 aromatic heterocycles. The number of hydrogen-bond donors (Lipinski definition) is 4. The van der Waals surface area contributed by atoms with Crippen molar-refractivity contribution in [3.8, 4) is 0 Å². The molecule has 5 atom stereocenters. The third-order valence-corrected chi connectivity index (χ3v) is 10.1. The van der Waals surface area contributed by atoms with Crippen LogP contribution < -0.4 is 21.3 Å². The van der Waals surface area contributed by atoms with Crippen LogP contribution >= 0.6 is 0 Å². The molecule has 0 bridgehead atoms. The van der Waals surface area contributed by atoms with Crippen molar-refractivity contribution in [2.45, 2.75) is 103 Å². The zero-order valence-electron chi connectivity index (χ0n) is 27.0. The number of sulfone groups is 1. The Labute approximate surface area is 261 Å². The number of amides is 5. The summed E-state index contributed by atoms with van der Waals surface area (Å²) < 4.78 is 22.9. The molecule has 0 radical (unpaired) electrons. The summed E-state index contributed by atoms with van der Waals surface area (Å²) >= 11 is 0. The first-order chi connectivity index (χ1) is 20.4. The van der Waals surface area contributed by atoms with Crippen LogP contribution in [0.5, 0.6) is 0 Å². The van der Waals surface area contributed by atoms with Gasteiger partial charge in [0.2, 0.25) is 17.6 Å². The Morgan fingerprint density at radius 3 is 2.25 bits per heavy atom. The number of nitrogens with zero attached hydrogens (tertiary/aromatic N) is 1. The van der Waals surface area contributed by atoms with E-state index in [-0.39, 0.29) is 47.8 Å². The lowest BCUT2D eigenvalue weighted by atomic mass is 9.83. The van der Waals surface area contributed by atoms with Gasteiger partial charge in [0.15, 0.2) is 0 Å². The normalized spacial score (nSPS) is 24.3.